The van der Waals surface area contributed by atoms with Crippen molar-refractivity contribution in [2.45, 2.75) is 98.0 Å². The molecule has 0 aromatic heterocycles. The van der Waals surface area contributed by atoms with E-state index in [0.717, 1.165) is 38.5 Å². The second-order valence-corrected chi connectivity index (χ2v) is 11.3. The van der Waals surface area contributed by atoms with Crippen LogP contribution in [0.1, 0.15) is 92.4 Å². The molecule has 0 saturated heterocycles. The monoisotopic (exact) mass is 444 g/mol. The van der Waals surface area contributed by atoms with E-state index < -0.39 is 5.60 Å². The zero-order chi connectivity index (χ0) is 23.3. The van der Waals surface area contributed by atoms with E-state index in [1.165, 1.54) is 5.57 Å². The second kappa shape index (κ2) is 8.29. The molecule has 32 heavy (non-hydrogen) atoms. The van der Waals surface area contributed by atoms with E-state index in [1.54, 1.807) is 0 Å². The van der Waals surface area contributed by atoms with Gasteiger partial charge in [-0.05, 0) is 75.2 Å². The molecule has 4 aliphatic carbocycles. The average Bonchev–Trinajstić information content (AvgIpc) is 3.02. The lowest BCUT2D eigenvalue weighted by molar-refractivity contribution is -0.183. The van der Waals surface area contributed by atoms with Crippen molar-refractivity contribution in [2.75, 3.05) is 6.61 Å². The lowest BCUT2D eigenvalue weighted by Gasteiger charge is -2.61. The van der Waals surface area contributed by atoms with Gasteiger partial charge in [0.2, 0.25) is 0 Å². The molecule has 4 aliphatic rings. The minimum absolute atomic E-state index is 0.0325. The Morgan fingerprint density at radius 2 is 1.72 bits per heavy atom. The molecule has 0 aliphatic heterocycles. The van der Waals surface area contributed by atoms with Crippen molar-refractivity contribution in [1.82, 2.24) is 0 Å². The maximum absolute atomic E-state index is 12.4. The van der Waals surface area contributed by atoms with Crippen molar-refractivity contribution >= 4 is 17.7 Å². The van der Waals surface area contributed by atoms with Gasteiger partial charge in [-0.15, -0.1) is 0 Å². The number of rotatable bonds is 5. The highest BCUT2D eigenvalue weighted by atomic mass is 16.6. The first kappa shape index (κ1) is 23.5. The Hall–Kier alpha value is -1.65. The van der Waals surface area contributed by atoms with Crippen LogP contribution in [0.2, 0.25) is 0 Å². The van der Waals surface area contributed by atoms with Crippen molar-refractivity contribution < 1.29 is 23.9 Å². The molecule has 0 unspecified atom stereocenters. The fraction of sp³-hybridized carbons (Fsp3) is 0.815. The summed E-state index contributed by atoms with van der Waals surface area (Å²) in [6, 6.07) is 0. The third kappa shape index (κ3) is 3.37. The largest absolute Gasteiger partial charge is 0.465 e. The third-order valence-electron chi connectivity index (χ3n) is 10.1. The Balaban J connectivity index is 1.69. The topological polar surface area (TPSA) is 69.7 Å². The molecule has 3 fully saturated rings. The lowest BCUT2D eigenvalue weighted by atomic mass is 9.44. The second-order valence-electron chi connectivity index (χ2n) is 11.3. The van der Waals surface area contributed by atoms with E-state index in [2.05, 4.69) is 20.8 Å². The van der Waals surface area contributed by atoms with Gasteiger partial charge in [-0.25, -0.2) is 0 Å². The fourth-order valence-corrected chi connectivity index (χ4v) is 8.11. The minimum atomic E-state index is -0.415. The van der Waals surface area contributed by atoms with Crippen LogP contribution in [0.25, 0.3) is 0 Å². The number of hydrogen-bond acceptors (Lipinski definition) is 5. The van der Waals surface area contributed by atoms with Crippen LogP contribution in [-0.4, -0.2) is 29.9 Å². The van der Waals surface area contributed by atoms with Crippen LogP contribution < -0.4 is 0 Å². The van der Waals surface area contributed by atoms with Gasteiger partial charge in [0.05, 0.1) is 0 Å². The van der Waals surface area contributed by atoms with Gasteiger partial charge in [-0.3, -0.25) is 14.4 Å². The maximum atomic E-state index is 12.4. The summed E-state index contributed by atoms with van der Waals surface area (Å²) >= 11 is 0. The van der Waals surface area contributed by atoms with Crippen molar-refractivity contribution in [1.29, 1.82) is 0 Å². The molecule has 178 valence electrons. The lowest BCUT2D eigenvalue weighted by Crippen LogP contribution is -2.58. The van der Waals surface area contributed by atoms with Gasteiger partial charge < -0.3 is 9.47 Å². The van der Waals surface area contributed by atoms with Crippen molar-refractivity contribution in [2.24, 2.45) is 34.5 Å². The predicted octanol–water partition coefficient (Wildman–Crippen LogP) is 5.41. The van der Waals surface area contributed by atoms with Crippen molar-refractivity contribution in [3.63, 3.8) is 0 Å². The van der Waals surface area contributed by atoms with Gasteiger partial charge in [0.1, 0.15) is 12.2 Å². The molecule has 0 aromatic rings. The van der Waals surface area contributed by atoms with Crippen LogP contribution >= 0.6 is 0 Å². The number of fused-ring (bicyclic) bond motifs is 5. The number of hydrogen-bond donors (Lipinski definition) is 0. The number of carbonyl (C=O) groups excluding carboxylic acids is 3. The Bertz CT molecular complexity index is 830. The molecule has 0 radical (unpaired) electrons. The maximum Gasteiger partial charge on any atom is 0.306 e. The quantitative estimate of drug-likeness (QED) is 0.530. The van der Waals surface area contributed by atoms with Crippen LogP contribution in [-0.2, 0) is 23.9 Å². The van der Waals surface area contributed by atoms with Gasteiger partial charge in [-0.1, -0.05) is 33.3 Å². The summed E-state index contributed by atoms with van der Waals surface area (Å²) in [5.41, 5.74) is 0.534. The predicted molar refractivity (Wildman–Crippen MR) is 122 cm³/mol. The molecule has 3 saturated carbocycles. The Morgan fingerprint density at radius 1 is 1.03 bits per heavy atom. The van der Waals surface area contributed by atoms with Crippen molar-refractivity contribution in [3.8, 4) is 0 Å². The van der Waals surface area contributed by atoms with E-state index in [-0.39, 0.29) is 34.5 Å². The Labute approximate surface area is 192 Å². The molecule has 0 spiro atoms. The molecular weight excluding hydrogens is 404 g/mol. The summed E-state index contributed by atoms with van der Waals surface area (Å²) in [5, 5.41) is 0. The number of carbonyl (C=O) groups is 3. The SMILES string of the molecule is CCC(=O)OC[C@@]12C(=CC(=O)C[C@@H]1C)CC[C@@H]1[C@@H]2CC[C@@]2(C)[C@H]1CC[C@@]2(C)OC(=O)CC. The van der Waals surface area contributed by atoms with Gasteiger partial charge in [0.25, 0.3) is 0 Å². The van der Waals surface area contributed by atoms with Crippen molar-refractivity contribution in [3.05, 3.63) is 11.6 Å². The van der Waals surface area contributed by atoms with Gasteiger partial charge in [0.15, 0.2) is 5.78 Å². The summed E-state index contributed by atoms with van der Waals surface area (Å²) in [5.74, 6) is 1.51. The molecule has 5 nitrogen and oxygen atoms in total. The van der Waals surface area contributed by atoms with E-state index in [0.29, 0.717) is 43.6 Å². The van der Waals surface area contributed by atoms with E-state index in [1.807, 2.05) is 19.9 Å². The van der Waals surface area contributed by atoms with Gasteiger partial charge >= 0.3 is 11.9 Å². The van der Waals surface area contributed by atoms with Crippen LogP contribution in [0, 0.1) is 34.5 Å². The van der Waals surface area contributed by atoms with E-state index in [4.69, 9.17) is 9.47 Å². The molecule has 4 rings (SSSR count). The number of ketones is 1. The smallest absolute Gasteiger partial charge is 0.306 e. The van der Waals surface area contributed by atoms with Crippen LogP contribution in [0.15, 0.2) is 11.6 Å². The summed E-state index contributed by atoms with van der Waals surface area (Å²) in [6.07, 6.45) is 9.18. The molecule has 0 N–H and O–H groups in total. The first-order valence-corrected chi connectivity index (χ1v) is 12.7. The molecule has 0 bridgehead atoms. The third-order valence-corrected chi connectivity index (χ3v) is 10.1. The fourth-order valence-electron chi connectivity index (χ4n) is 8.11. The van der Waals surface area contributed by atoms with Gasteiger partial charge in [-0.2, -0.15) is 0 Å². The summed E-state index contributed by atoms with van der Waals surface area (Å²) in [4.78, 5) is 36.8. The Morgan fingerprint density at radius 3 is 2.41 bits per heavy atom. The highest BCUT2D eigenvalue weighted by molar-refractivity contribution is 5.92. The van der Waals surface area contributed by atoms with E-state index >= 15 is 0 Å². The normalized spacial score (nSPS) is 42.9. The number of ether oxygens (including phenoxy) is 2. The zero-order valence-electron chi connectivity index (χ0n) is 20.5. The first-order valence-electron chi connectivity index (χ1n) is 12.7. The summed E-state index contributed by atoms with van der Waals surface area (Å²) in [7, 11) is 0. The Kier molecular flexibility index (Phi) is 6.09. The zero-order valence-corrected chi connectivity index (χ0v) is 20.5. The summed E-state index contributed by atoms with van der Waals surface area (Å²) in [6.45, 7) is 10.8. The molecule has 5 heteroatoms. The van der Waals surface area contributed by atoms with Gasteiger partial charge in [0, 0.05) is 30.1 Å². The van der Waals surface area contributed by atoms with E-state index in [9.17, 15) is 14.4 Å². The summed E-state index contributed by atoms with van der Waals surface area (Å²) < 4.78 is 11.9. The molecule has 0 heterocycles. The standard InChI is InChI=1S/C27H40O5/c1-6-23(29)31-16-27-17(3)14-19(28)15-18(27)8-9-20-21-11-13-26(5,32-24(30)7-2)25(21,4)12-10-22(20)27/h15,17,20-22H,6-14,16H2,1-5H3/t17-,20-,21-,22-,25-,26+,27-/m0/s1. The molecule has 0 amide bonds. The molecular formula is C27H40O5. The minimum Gasteiger partial charge on any atom is -0.465 e. The van der Waals surface area contributed by atoms with Crippen LogP contribution in [0.5, 0.6) is 0 Å². The first-order chi connectivity index (χ1) is 15.1. The molecule has 7 atom stereocenters. The van der Waals surface area contributed by atoms with Crippen LogP contribution in [0.3, 0.4) is 0 Å². The number of esters is 2. The highest BCUT2D eigenvalue weighted by Crippen LogP contribution is 2.69. The highest BCUT2D eigenvalue weighted by Gasteiger charge is 2.66. The molecule has 0 aromatic carbocycles. The van der Waals surface area contributed by atoms with Crippen LogP contribution in [0.4, 0.5) is 0 Å². The average molecular weight is 445 g/mol.